The first-order valence-corrected chi connectivity index (χ1v) is 22.3. The molecule has 0 bridgehead atoms. The second-order valence-electron chi connectivity index (χ2n) is 14.6. The summed E-state index contributed by atoms with van der Waals surface area (Å²) in [5.74, 6) is 3.37. The van der Waals surface area contributed by atoms with Crippen LogP contribution in [0.1, 0.15) is 72.3 Å². The molecule has 3 N–H and O–H groups in total. The number of rotatable bonds is 14. The number of ketones is 1. The van der Waals surface area contributed by atoms with Crippen LogP contribution in [0.4, 0.5) is 0 Å². The Balaban J connectivity index is 0.000000182. The van der Waals surface area contributed by atoms with Gasteiger partial charge in [0.15, 0.2) is 5.78 Å². The highest BCUT2D eigenvalue weighted by molar-refractivity contribution is 7.98. The number of pyridine rings is 2. The van der Waals surface area contributed by atoms with Gasteiger partial charge in [0.2, 0.25) is 11.8 Å². The number of aryl methyl sites for hydroxylation is 5. The largest absolute Gasteiger partial charge is 0.478 e. The van der Waals surface area contributed by atoms with Gasteiger partial charge in [0, 0.05) is 75.7 Å². The number of carbonyl (C=O) groups excluding carboxylic acids is 1. The number of carbonyl (C=O) groups is 2. The van der Waals surface area contributed by atoms with Gasteiger partial charge < -0.3 is 19.7 Å². The zero-order chi connectivity index (χ0) is 44.6. The lowest BCUT2D eigenvalue weighted by molar-refractivity contribution is 0.0696. The molecule has 10 nitrogen and oxygen atoms in total. The number of Topliss-reactive ketones (excluding diaryl/α,β-unsaturated/α-hetero) is 1. The maximum atomic E-state index is 12.5. The number of carboxylic acids is 1. The Morgan fingerprint density at radius 3 is 1.43 bits per heavy atom. The number of nitrogens with zero attached hydrogens (tertiary/aromatic N) is 4. The van der Waals surface area contributed by atoms with Crippen LogP contribution >= 0.6 is 23.5 Å². The quantitative estimate of drug-likeness (QED) is 0.0788. The summed E-state index contributed by atoms with van der Waals surface area (Å²) < 4.78 is 11.6. The average molecular weight is 876 g/mol. The molecule has 0 radical (unpaired) electrons. The number of nitrogens with two attached hydrogens (primary N) is 1. The van der Waals surface area contributed by atoms with E-state index in [1.807, 2.05) is 62.4 Å². The lowest BCUT2D eigenvalue weighted by atomic mass is 10.0. The average Bonchev–Trinajstić information content (AvgIpc) is 3.89. The number of thioether (sulfide) groups is 2. The van der Waals surface area contributed by atoms with E-state index in [0.29, 0.717) is 36.7 Å². The first-order chi connectivity index (χ1) is 30.5. The van der Waals surface area contributed by atoms with E-state index in [-0.39, 0.29) is 11.3 Å². The first-order valence-electron chi connectivity index (χ1n) is 20.3. The Kier molecular flexibility index (Phi) is 16.8. The third-order valence-electron chi connectivity index (χ3n) is 9.73. The molecule has 0 atom stereocenters. The zero-order valence-corrected chi connectivity index (χ0v) is 37.3. The van der Waals surface area contributed by atoms with Gasteiger partial charge in [-0.25, -0.2) is 14.8 Å². The second-order valence-corrected chi connectivity index (χ2v) is 16.7. The lowest BCUT2D eigenvalue weighted by Gasteiger charge is -2.03. The van der Waals surface area contributed by atoms with Crippen molar-refractivity contribution >= 4 is 35.3 Å². The standard InChI is InChI=1S/C26H24N2O2S.C19H17NO3S.C6H8N2/c1-18-5-12-23(13-6-18)31-17-24-19(2)30-26(28-24)22-10-8-21(9-11-22)25(29)14-7-20-4-3-15-27-16-20;1-12-3-9-16(10-4-12)24-11-17-13(2)23-18(20-17)14-5-7-15(8-6-14)19(21)22;7-4-6-2-1-3-8-5-6/h3-6,8-13,15-16H,7,14,17H2,1-2H3;3-10H,11H2,1-2H3,(H,21,22);1-3,5H,4,7H2. The molecule has 0 saturated heterocycles. The molecule has 0 aliphatic carbocycles. The summed E-state index contributed by atoms with van der Waals surface area (Å²) in [6.45, 7) is 8.57. The van der Waals surface area contributed by atoms with Crippen molar-refractivity contribution in [3.63, 3.8) is 0 Å². The Morgan fingerprint density at radius 2 is 1.03 bits per heavy atom. The summed E-state index contributed by atoms with van der Waals surface area (Å²) >= 11 is 3.45. The van der Waals surface area contributed by atoms with Gasteiger partial charge in [-0.2, -0.15) is 0 Å². The van der Waals surface area contributed by atoms with Crippen molar-refractivity contribution in [2.75, 3.05) is 0 Å². The van der Waals surface area contributed by atoms with Crippen LogP contribution in [-0.4, -0.2) is 36.8 Å². The molecule has 0 fully saturated rings. The minimum Gasteiger partial charge on any atom is -0.478 e. The molecule has 0 saturated carbocycles. The summed E-state index contributed by atoms with van der Waals surface area (Å²) in [6.07, 6.45) is 8.19. The predicted molar refractivity (Wildman–Crippen MR) is 251 cm³/mol. The number of benzene rings is 4. The molecule has 4 aromatic carbocycles. The molecule has 8 rings (SSSR count). The number of carboxylic acid groups (broad SMARTS) is 1. The Hall–Kier alpha value is -6.60. The van der Waals surface area contributed by atoms with Crippen molar-refractivity contribution in [1.82, 2.24) is 19.9 Å². The third kappa shape index (κ3) is 14.0. The van der Waals surface area contributed by atoms with Crippen LogP contribution in [0.25, 0.3) is 22.9 Å². The van der Waals surface area contributed by atoms with E-state index in [4.69, 9.17) is 19.7 Å². The minimum absolute atomic E-state index is 0.120. The van der Waals surface area contributed by atoms with Crippen LogP contribution in [0.15, 0.2) is 165 Å². The number of oxazole rings is 2. The number of hydrogen-bond donors (Lipinski definition) is 2. The minimum atomic E-state index is -0.944. The molecule has 0 spiro atoms. The molecular weight excluding hydrogens is 827 g/mol. The fraction of sp³-hybridized carbons (Fsp3) is 0.176. The van der Waals surface area contributed by atoms with Crippen molar-refractivity contribution in [3.8, 4) is 22.9 Å². The van der Waals surface area contributed by atoms with E-state index >= 15 is 0 Å². The maximum absolute atomic E-state index is 12.5. The molecule has 0 amide bonds. The van der Waals surface area contributed by atoms with Crippen LogP contribution in [0.2, 0.25) is 0 Å². The van der Waals surface area contributed by atoms with Crippen molar-refractivity contribution in [3.05, 3.63) is 202 Å². The highest BCUT2D eigenvalue weighted by Gasteiger charge is 2.15. The molecule has 0 aliphatic rings. The highest BCUT2D eigenvalue weighted by atomic mass is 32.2. The molecule has 4 heterocycles. The SMILES string of the molecule is Cc1ccc(SCc2nc(-c3ccc(C(=O)CCc4cccnc4)cc3)oc2C)cc1.Cc1ccc(SCc2nc(-c3ccc(C(=O)O)cc3)oc2C)cc1.NCc1cccnc1. The maximum Gasteiger partial charge on any atom is 0.335 e. The van der Waals surface area contributed by atoms with Gasteiger partial charge in [0.25, 0.3) is 0 Å². The normalized spacial score (nSPS) is 10.6. The lowest BCUT2D eigenvalue weighted by Crippen LogP contribution is -2.01. The van der Waals surface area contributed by atoms with Gasteiger partial charge in [-0.1, -0.05) is 59.7 Å². The molecular formula is C51H49N5O5S2. The number of hydrogen-bond acceptors (Lipinski definition) is 11. The van der Waals surface area contributed by atoms with Crippen molar-refractivity contribution in [2.45, 2.75) is 68.4 Å². The monoisotopic (exact) mass is 875 g/mol. The molecule has 320 valence electrons. The molecule has 0 aliphatic heterocycles. The second kappa shape index (κ2) is 23.0. The first kappa shape index (κ1) is 45.9. The third-order valence-corrected chi connectivity index (χ3v) is 11.8. The van der Waals surface area contributed by atoms with E-state index in [1.165, 1.54) is 20.9 Å². The van der Waals surface area contributed by atoms with E-state index in [1.54, 1.807) is 72.6 Å². The van der Waals surface area contributed by atoms with E-state index in [9.17, 15) is 9.59 Å². The van der Waals surface area contributed by atoms with Gasteiger partial charge in [0.05, 0.1) is 17.0 Å². The van der Waals surface area contributed by atoms with E-state index < -0.39 is 5.97 Å². The van der Waals surface area contributed by atoms with Gasteiger partial charge in [-0.05, 0) is 118 Å². The van der Waals surface area contributed by atoms with Crippen LogP contribution in [-0.2, 0) is 24.5 Å². The summed E-state index contributed by atoms with van der Waals surface area (Å²) in [6, 6.07) is 38.6. The Bertz CT molecular complexity index is 2670. The van der Waals surface area contributed by atoms with Gasteiger partial charge in [-0.3, -0.25) is 14.8 Å². The topological polar surface area (TPSA) is 158 Å². The van der Waals surface area contributed by atoms with Crippen LogP contribution in [0, 0.1) is 27.7 Å². The zero-order valence-electron chi connectivity index (χ0n) is 35.7. The summed E-state index contributed by atoms with van der Waals surface area (Å²) in [5.41, 5.74) is 14.4. The Labute approximate surface area is 376 Å². The van der Waals surface area contributed by atoms with E-state index in [0.717, 1.165) is 56.7 Å². The van der Waals surface area contributed by atoms with Crippen molar-refractivity contribution in [1.29, 1.82) is 0 Å². The smallest absolute Gasteiger partial charge is 0.335 e. The van der Waals surface area contributed by atoms with Crippen LogP contribution in [0.5, 0.6) is 0 Å². The highest BCUT2D eigenvalue weighted by Crippen LogP contribution is 2.30. The van der Waals surface area contributed by atoms with Crippen molar-refractivity contribution < 1.29 is 23.5 Å². The molecule has 4 aromatic heterocycles. The molecule has 12 heteroatoms. The van der Waals surface area contributed by atoms with Gasteiger partial charge >= 0.3 is 5.97 Å². The number of aromatic nitrogens is 4. The summed E-state index contributed by atoms with van der Waals surface area (Å²) in [4.78, 5) is 43.0. The fourth-order valence-corrected chi connectivity index (χ4v) is 7.76. The Morgan fingerprint density at radius 1 is 0.587 bits per heavy atom. The molecule has 8 aromatic rings. The number of aromatic carboxylic acids is 1. The van der Waals surface area contributed by atoms with Crippen LogP contribution in [0.3, 0.4) is 0 Å². The summed E-state index contributed by atoms with van der Waals surface area (Å²) in [7, 11) is 0. The van der Waals surface area contributed by atoms with Gasteiger partial charge in [0.1, 0.15) is 11.5 Å². The molecule has 0 unspecified atom stereocenters. The molecule has 63 heavy (non-hydrogen) atoms. The van der Waals surface area contributed by atoms with Gasteiger partial charge in [-0.15, -0.1) is 23.5 Å². The van der Waals surface area contributed by atoms with E-state index in [2.05, 4.69) is 82.3 Å². The van der Waals surface area contributed by atoms with Crippen LogP contribution < -0.4 is 5.73 Å². The summed E-state index contributed by atoms with van der Waals surface area (Å²) in [5, 5.41) is 8.95. The van der Waals surface area contributed by atoms with Crippen molar-refractivity contribution in [2.24, 2.45) is 5.73 Å². The fourth-order valence-electron chi connectivity index (χ4n) is 5.96. The predicted octanol–water partition coefficient (Wildman–Crippen LogP) is 12.0.